The van der Waals surface area contributed by atoms with Crippen LogP contribution < -0.4 is 109 Å². The summed E-state index contributed by atoms with van der Waals surface area (Å²) in [5, 5.41) is 34.0. The second-order valence-corrected chi connectivity index (χ2v) is 4.09. The third-order valence-corrected chi connectivity index (χ3v) is 2.62. The molecule has 0 aliphatic heterocycles. The number of hydrogen-bond donors (Lipinski definition) is 1. The van der Waals surface area contributed by atoms with Crippen molar-refractivity contribution in [3.63, 3.8) is 0 Å². The van der Waals surface area contributed by atoms with Gasteiger partial charge in [-0.15, -0.1) is 0 Å². The smallest absolute Gasteiger partial charge is 0.550 e. The molecule has 1 aromatic rings. The maximum Gasteiger partial charge on any atom is 1.00 e. The van der Waals surface area contributed by atoms with E-state index in [1.54, 1.807) is 0 Å². The van der Waals surface area contributed by atoms with Crippen molar-refractivity contribution >= 4 is 23.8 Å². The monoisotopic (exact) mass is 361 g/mol. The Morgan fingerprint density at radius 1 is 0.917 bits per heavy atom. The molecule has 0 unspecified atom stereocenters. The van der Waals surface area contributed by atoms with Crippen molar-refractivity contribution in [1.29, 1.82) is 0 Å². The summed E-state index contributed by atoms with van der Waals surface area (Å²) in [7, 11) is 0. The van der Waals surface area contributed by atoms with Crippen LogP contribution in [0.5, 0.6) is 0 Å². The van der Waals surface area contributed by atoms with Gasteiger partial charge < -0.3 is 35.0 Å². The van der Waals surface area contributed by atoms with Gasteiger partial charge in [0.2, 0.25) is 0 Å². The topological polar surface area (TPSA) is 149 Å². The van der Waals surface area contributed by atoms with Crippen LogP contribution >= 0.6 is 0 Å². The molecule has 0 aliphatic rings. The van der Waals surface area contributed by atoms with Gasteiger partial charge in [-0.3, -0.25) is 4.79 Å². The third kappa shape index (κ3) is 9.55. The fraction of sp³-hybridized carbons (Fsp3) is 0.231. The molecule has 1 atom stereocenters. The summed E-state index contributed by atoms with van der Waals surface area (Å²) in [4.78, 5) is 43.9. The quantitative estimate of drug-likeness (QED) is 0.474. The number of carboxylic acids is 3. The van der Waals surface area contributed by atoms with Gasteiger partial charge in [-0.2, -0.15) is 0 Å². The number of nitrogens with one attached hydrogen (secondary N) is 1. The molecule has 0 aliphatic carbocycles. The van der Waals surface area contributed by atoms with Crippen molar-refractivity contribution < 1.29 is 123 Å². The summed E-state index contributed by atoms with van der Waals surface area (Å²) in [6.45, 7) is 0. The molecule has 8 nitrogen and oxygen atoms in total. The Hall–Kier alpha value is 0.100. The van der Waals surface area contributed by atoms with E-state index in [0.29, 0.717) is 0 Å². The molecule has 24 heavy (non-hydrogen) atoms. The number of benzene rings is 1. The molecular weight excluding hydrogens is 351 g/mol. The minimum absolute atomic E-state index is 0. The standard InChI is InChI=1S/C13H13NO7.3Na/c15-10(16)6-5-9(13(20)21)14-11(17)7-3-1-2-4-8(7)12(18)19;;;/h1-4,9H,5-6H2,(H,14,17)(H,15,16)(H,18,19)(H,20,21);;;/q;3*+1/p-3/t9-;;;/m0.../s1. The van der Waals surface area contributed by atoms with E-state index in [9.17, 15) is 34.5 Å². The molecule has 0 fully saturated rings. The number of carboxylic acid groups (broad SMARTS) is 3. The van der Waals surface area contributed by atoms with Crippen LogP contribution in [0.2, 0.25) is 0 Å². The summed E-state index contributed by atoms with van der Waals surface area (Å²) < 4.78 is 0. The molecule has 1 aromatic carbocycles. The van der Waals surface area contributed by atoms with Crippen molar-refractivity contribution in [2.24, 2.45) is 0 Å². The minimum Gasteiger partial charge on any atom is -0.550 e. The fourth-order valence-corrected chi connectivity index (χ4v) is 1.61. The molecule has 0 spiro atoms. The largest absolute Gasteiger partial charge is 1.00 e. The molecule has 1 N–H and O–H groups in total. The average Bonchev–Trinajstić information content (AvgIpc) is 2.42. The van der Waals surface area contributed by atoms with Gasteiger partial charge in [0.1, 0.15) is 0 Å². The van der Waals surface area contributed by atoms with Crippen LogP contribution in [-0.4, -0.2) is 29.9 Å². The van der Waals surface area contributed by atoms with Gasteiger partial charge in [-0.05, 0) is 18.9 Å². The predicted octanol–water partition coefficient (Wildman–Crippen LogP) is -12.6. The zero-order chi connectivity index (χ0) is 16.0. The number of carbonyl (C=O) groups is 4. The predicted molar refractivity (Wildman–Crippen MR) is 61.3 cm³/mol. The van der Waals surface area contributed by atoms with Gasteiger partial charge in [-0.1, -0.05) is 18.2 Å². The first-order valence-corrected chi connectivity index (χ1v) is 5.85. The van der Waals surface area contributed by atoms with Gasteiger partial charge >= 0.3 is 88.7 Å². The first-order valence-electron chi connectivity index (χ1n) is 5.85. The van der Waals surface area contributed by atoms with Crippen LogP contribution in [0.15, 0.2) is 24.3 Å². The van der Waals surface area contributed by atoms with E-state index in [4.69, 9.17) is 0 Å². The number of aliphatic carboxylic acids is 2. The normalized spacial score (nSPS) is 10.0. The molecule has 1 rings (SSSR count). The van der Waals surface area contributed by atoms with Gasteiger partial charge in [-0.25, -0.2) is 0 Å². The molecule has 0 saturated heterocycles. The molecule has 112 valence electrons. The van der Waals surface area contributed by atoms with E-state index in [-0.39, 0.29) is 94.2 Å². The molecule has 0 heterocycles. The van der Waals surface area contributed by atoms with E-state index >= 15 is 0 Å². The van der Waals surface area contributed by atoms with Crippen molar-refractivity contribution in [3.8, 4) is 0 Å². The Morgan fingerprint density at radius 2 is 1.42 bits per heavy atom. The minimum atomic E-state index is -1.68. The van der Waals surface area contributed by atoms with E-state index < -0.39 is 48.3 Å². The van der Waals surface area contributed by atoms with E-state index in [0.717, 1.165) is 6.07 Å². The van der Waals surface area contributed by atoms with Crippen LogP contribution in [0, 0.1) is 0 Å². The van der Waals surface area contributed by atoms with E-state index in [2.05, 4.69) is 0 Å². The summed E-state index contributed by atoms with van der Waals surface area (Å²) in [5.41, 5.74) is -0.704. The van der Waals surface area contributed by atoms with Gasteiger partial charge in [0.15, 0.2) is 0 Å². The zero-order valence-electron chi connectivity index (χ0n) is 13.7. The second-order valence-electron chi connectivity index (χ2n) is 4.09. The van der Waals surface area contributed by atoms with Crippen LogP contribution in [0.1, 0.15) is 33.6 Å². The van der Waals surface area contributed by atoms with Gasteiger partial charge in [0.05, 0.1) is 18.0 Å². The Morgan fingerprint density at radius 3 is 1.83 bits per heavy atom. The second kappa shape index (κ2) is 14.3. The molecule has 1 amide bonds. The third-order valence-electron chi connectivity index (χ3n) is 2.62. The summed E-state index contributed by atoms with van der Waals surface area (Å²) >= 11 is 0. The molecule has 11 heteroatoms. The zero-order valence-corrected chi connectivity index (χ0v) is 19.7. The summed E-state index contributed by atoms with van der Waals surface area (Å²) in [5.74, 6) is -5.75. The van der Waals surface area contributed by atoms with Crippen molar-refractivity contribution in [1.82, 2.24) is 5.32 Å². The van der Waals surface area contributed by atoms with Gasteiger partial charge in [0.25, 0.3) is 5.91 Å². The Bertz CT molecular complexity index is 595. The van der Waals surface area contributed by atoms with Gasteiger partial charge in [0, 0.05) is 17.1 Å². The molecule has 0 saturated carbocycles. The van der Waals surface area contributed by atoms with Crippen molar-refractivity contribution in [2.75, 3.05) is 0 Å². The van der Waals surface area contributed by atoms with E-state index in [1.165, 1.54) is 18.2 Å². The summed E-state index contributed by atoms with van der Waals surface area (Å²) in [6.07, 6.45) is -1.04. The Labute approximate surface area is 204 Å². The van der Waals surface area contributed by atoms with Crippen LogP contribution in [-0.2, 0) is 9.59 Å². The maximum absolute atomic E-state index is 11.9. The Kier molecular flexibility index (Phi) is 17.2. The SMILES string of the molecule is O=C([O-])CC[C@H](NC(=O)c1ccccc1C(=O)[O-])C(=O)[O-].[Na+].[Na+].[Na+]. The fourth-order valence-electron chi connectivity index (χ4n) is 1.61. The van der Waals surface area contributed by atoms with Crippen LogP contribution in [0.3, 0.4) is 0 Å². The number of amides is 1. The molecule has 0 bridgehead atoms. The number of rotatable bonds is 7. The molecular formula is C13H10NNa3O7. The molecule has 0 aromatic heterocycles. The molecule has 0 radical (unpaired) electrons. The first-order chi connectivity index (χ1) is 9.82. The number of hydrogen-bond acceptors (Lipinski definition) is 7. The van der Waals surface area contributed by atoms with Crippen LogP contribution in [0.4, 0.5) is 0 Å². The maximum atomic E-state index is 11.9. The number of carbonyl (C=O) groups excluding carboxylic acids is 4. The van der Waals surface area contributed by atoms with Crippen molar-refractivity contribution in [2.45, 2.75) is 18.9 Å². The summed E-state index contributed by atoms with van der Waals surface area (Å²) in [6, 6.07) is 3.47. The van der Waals surface area contributed by atoms with Crippen LogP contribution in [0.25, 0.3) is 0 Å². The van der Waals surface area contributed by atoms with E-state index in [1.807, 2.05) is 5.32 Å². The Balaban J connectivity index is -0.00000147. The number of aromatic carboxylic acids is 1. The van der Waals surface area contributed by atoms with Crippen molar-refractivity contribution in [3.05, 3.63) is 35.4 Å². The average molecular weight is 361 g/mol. The first kappa shape index (κ1) is 28.9.